The number of carbonyl (C=O) groups excluding carboxylic acids is 1. The summed E-state index contributed by atoms with van der Waals surface area (Å²) in [6, 6.07) is 5.49. The number of aromatic nitrogens is 2. The Kier molecular flexibility index (Phi) is 3.39. The first-order chi connectivity index (χ1) is 10.1. The first-order valence-electron chi connectivity index (χ1n) is 6.70. The summed E-state index contributed by atoms with van der Waals surface area (Å²) in [6.45, 7) is 0.730. The van der Waals surface area contributed by atoms with Crippen LogP contribution in [0.5, 0.6) is 5.75 Å². The number of nitrogens with two attached hydrogens (primary N) is 1. The molecule has 0 atom stereocenters. The van der Waals surface area contributed by atoms with Gasteiger partial charge >= 0.3 is 0 Å². The van der Waals surface area contributed by atoms with Crippen molar-refractivity contribution >= 4 is 23.0 Å². The van der Waals surface area contributed by atoms with Gasteiger partial charge in [-0.05, 0) is 12.1 Å². The molecule has 0 aliphatic carbocycles. The second-order valence-corrected chi connectivity index (χ2v) is 4.93. The van der Waals surface area contributed by atoms with E-state index in [0.717, 1.165) is 17.8 Å². The van der Waals surface area contributed by atoms with Gasteiger partial charge in [0.05, 0.1) is 22.8 Å². The van der Waals surface area contributed by atoms with Crippen molar-refractivity contribution in [2.24, 2.45) is 7.05 Å². The molecule has 0 saturated carbocycles. The number of rotatable bonds is 4. The number of hydrogen-bond donors (Lipinski definition) is 3. The van der Waals surface area contributed by atoms with Crippen LogP contribution in [0.15, 0.2) is 24.4 Å². The van der Waals surface area contributed by atoms with Crippen molar-refractivity contribution in [3.05, 3.63) is 30.1 Å². The molecule has 0 fully saturated rings. The van der Waals surface area contributed by atoms with E-state index < -0.39 is 0 Å². The van der Waals surface area contributed by atoms with Crippen molar-refractivity contribution in [1.29, 1.82) is 0 Å². The van der Waals surface area contributed by atoms with E-state index in [-0.39, 0.29) is 12.5 Å². The van der Waals surface area contributed by atoms with Crippen LogP contribution in [0, 0.1) is 0 Å². The van der Waals surface area contributed by atoms with E-state index in [1.165, 1.54) is 0 Å². The van der Waals surface area contributed by atoms with Crippen molar-refractivity contribution in [1.82, 2.24) is 9.78 Å². The van der Waals surface area contributed by atoms with E-state index in [9.17, 15) is 4.79 Å². The normalized spacial score (nSPS) is 13.3. The molecular weight excluding hydrogens is 270 g/mol. The molecule has 3 rings (SSSR count). The van der Waals surface area contributed by atoms with E-state index in [4.69, 9.17) is 10.5 Å². The van der Waals surface area contributed by atoms with Gasteiger partial charge in [-0.1, -0.05) is 0 Å². The quantitative estimate of drug-likeness (QED) is 0.729. The van der Waals surface area contributed by atoms with Crippen LogP contribution in [-0.2, 0) is 18.3 Å². The van der Waals surface area contributed by atoms with Crippen molar-refractivity contribution < 1.29 is 9.53 Å². The Balaban J connectivity index is 1.67. The van der Waals surface area contributed by atoms with Gasteiger partial charge in [0.2, 0.25) is 0 Å². The third-order valence-electron chi connectivity index (χ3n) is 3.25. The van der Waals surface area contributed by atoms with Crippen molar-refractivity contribution in [2.75, 3.05) is 29.5 Å². The van der Waals surface area contributed by atoms with Crippen molar-refractivity contribution in [3.63, 3.8) is 0 Å². The lowest BCUT2D eigenvalue weighted by molar-refractivity contribution is -0.118. The average molecular weight is 287 g/mol. The predicted octanol–water partition coefficient (Wildman–Crippen LogP) is 0.988. The molecule has 4 N–H and O–H groups in total. The van der Waals surface area contributed by atoms with Gasteiger partial charge in [0.1, 0.15) is 5.75 Å². The number of nitrogens with one attached hydrogen (secondary N) is 2. The highest BCUT2D eigenvalue weighted by molar-refractivity contribution is 5.97. The van der Waals surface area contributed by atoms with Crippen LogP contribution in [0.2, 0.25) is 0 Å². The van der Waals surface area contributed by atoms with Gasteiger partial charge in [0.15, 0.2) is 6.61 Å². The Hall–Kier alpha value is -2.70. The maximum absolute atomic E-state index is 11.3. The Morgan fingerprint density at radius 2 is 2.38 bits per heavy atom. The number of carbonyl (C=O) groups is 1. The molecule has 7 heteroatoms. The minimum absolute atomic E-state index is 0.0267. The van der Waals surface area contributed by atoms with Gasteiger partial charge in [0.25, 0.3) is 5.91 Å². The van der Waals surface area contributed by atoms with E-state index in [2.05, 4.69) is 15.7 Å². The van der Waals surface area contributed by atoms with E-state index in [1.54, 1.807) is 16.8 Å². The second kappa shape index (κ2) is 5.35. The van der Waals surface area contributed by atoms with Crippen LogP contribution < -0.4 is 21.1 Å². The molecule has 0 radical (unpaired) electrons. The third-order valence-corrected chi connectivity index (χ3v) is 3.25. The van der Waals surface area contributed by atoms with E-state index >= 15 is 0 Å². The zero-order valence-corrected chi connectivity index (χ0v) is 11.7. The molecule has 110 valence electrons. The number of ether oxygens (including phenoxy) is 1. The highest BCUT2D eigenvalue weighted by atomic mass is 16.5. The number of nitrogen functional groups attached to an aromatic ring is 1. The zero-order chi connectivity index (χ0) is 14.8. The molecule has 0 spiro atoms. The van der Waals surface area contributed by atoms with Gasteiger partial charge in [-0.3, -0.25) is 9.48 Å². The van der Waals surface area contributed by atoms with Gasteiger partial charge in [-0.15, -0.1) is 0 Å². The third kappa shape index (κ3) is 2.91. The molecule has 0 saturated heterocycles. The molecule has 21 heavy (non-hydrogen) atoms. The van der Waals surface area contributed by atoms with E-state index in [1.807, 2.05) is 19.3 Å². The SMILES string of the molecule is Cn1ccc(CCNc2cc3c(cc2N)OCC(=O)N3)n1. The van der Waals surface area contributed by atoms with E-state index in [0.29, 0.717) is 23.7 Å². The highest BCUT2D eigenvalue weighted by Gasteiger charge is 2.17. The lowest BCUT2D eigenvalue weighted by Crippen LogP contribution is -2.25. The fourth-order valence-electron chi connectivity index (χ4n) is 2.22. The molecule has 1 aromatic carbocycles. The molecule has 1 aromatic heterocycles. The van der Waals surface area contributed by atoms with Crippen molar-refractivity contribution in [2.45, 2.75) is 6.42 Å². The number of hydrogen-bond acceptors (Lipinski definition) is 5. The summed E-state index contributed by atoms with van der Waals surface area (Å²) in [5.74, 6) is 0.439. The molecule has 2 aromatic rings. The smallest absolute Gasteiger partial charge is 0.262 e. The van der Waals surface area contributed by atoms with Crippen LogP contribution in [0.1, 0.15) is 5.69 Å². The van der Waals surface area contributed by atoms with Crippen LogP contribution in [0.4, 0.5) is 17.1 Å². The summed E-state index contributed by atoms with van der Waals surface area (Å²) >= 11 is 0. The van der Waals surface area contributed by atoms with Gasteiger partial charge in [-0.25, -0.2) is 0 Å². The van der Waals surface area contributed by atoms with Crippen LogP contribution in [0.3, 0.4) is 0 Å². The van der Waals surface area contributed by atoms with Crippen LogP contribution in [0.25, 0.3) is 0 Å². The molecule has 1 aliphatic rings. The number of anilines is 3. The number of benzene rings is 1. The molecule has 0 bridgehead atoms. The first-order valence-corrected chi connectivity index (χ1v) is 6.70. The maximum Gasteiger partial charge on any atom is 0.262 e. The summed E-state index contributed by atoms with van der Waals surface area (Å²) in [5.41, 5.74) is 9.00. The fraction of sp³-hybridized carbons (Fsp3) is 0.286. The monoisotopic (exact) mass is 287 g/mol. The highest BCUT2D eigenvalue weighted by Crippen LogP contribution is 2.35. The van der Waals surface area contributed by atoms with Crippen molar-refractivity contribution in [3.8, 4) is 5.75 Å². The fourth-order valence-corrected chi connectivity index (χ4v) is 2.22. The minimum atomic E-state index is -0.160. The maximum atomic E-state index is 11.3. The molecule has 1 amide bonds. The number of aryl methyl sites for hydroxylation is 1. The number of fused-ring (bicyclic) bond motifs is 1. The Morgan fingerprint density at radius 3 is 3.14 bits per heavy atom. The average Bonchev–Trinajstić information content (AvgIpc) is 2.85. The molecule has 7 nitrogen and oxygen atoms in total. The zero-order valence-electron chi connectivity index (χ0n) is 11.7. The predicted molar refractivity (Wildman–Crippen MR) is 80.4 cm³/mol. The summed E-state index contributed by atoms with van der Waals surface area (Å²) in [7, 11) is 1.89. The molecule has 0 unspecified atom stereocenters. The van der Waals surface area contributed by atoms with Crippen LogP contribution in [-0.4, -0.2) is 28.8 Å². The molecule has 1 aliphatic heterocycles. The molecule has 2 heterocycles. The summed E-state index contributed by atoms with van der Waals surface area (Å²) in [5, 5.41) is 10.3. The topological polar surface area (TPSA) is 94.2 Å². The Bertz CT molecular complexity index is 680. The molecular formula is C14H17N5O2. The van der Waals surface area contributed by atoms with Gasteiger partial charge in [0, 0.05) is 32.3 Å². The standard InChI is InChI=1S/C14H17N5O2/c1-19-5-3-9(18-19)2-4-16-11-7-12-13(6-10(11)15)21-8-14(20)17-12/h3,5-7,16H,2,4,8,15H2,1H3,(H,17,20). The minimum Gasteiger partial charge on any atom is -0.482 e. The lowest BCUT2D eigenvalue weighted by atomic mass is 10.2. The summed E-state index contributed by atoms with van der Waals surface area (Å²) in [4.78, 5) is 11.3. The summed E-state index contributed by atoms with van der Waals surface area (Å²) in [6.07, 6.45) is 2.70. The number of amides is 1. The number of nitrogens with zero attached hydrogens (tertiary/aromatic N) is 2. The summed E-state index contributed by atoms with van der Waals surface area (Å²) < 4.78 is 7.09. The van der Waals surface area contributed by atoms with Crippen LogP contribution >= 0.6 is 0 Å². The first kappa shape index (κ1) is 13.3. The van der Waals surface area contributed by atoms with Gasteiger partial charge in [-0.2, -0.15) is 5.10 Å². The van der Waals surface area contributed by atoms with Gasteiger partial charge < -0.3 is 21.1 Å². The largest absolute Gasteiger partial charge is 0.482 e. The second-order valence-electron chi connectivity index (χ2n) is 4.93. The Labute approximate surface area is 122 Å². The lowest BCUT2D eigenvalue weighted by Gasteiger charge is -2.20. The Morgan fingerprint density at radius 1 is 1.52 bits per heavy atom.